The summed E-state index contributed by atoms with van der Waals surface area (Å²) in [6.07, 6.45) is -1.71. The van der Waals surface area contributed by atoms with Crippen LogP contribution in [0, 0.1) is 0 Å². The first-order chi connectivity index (χ1) is 14.8. The number of aliphatic hydroxyl groups is 3. The van der Waals surface area contributed by atoms with Crippen LogP contribution in [-0.4, -0.2) is 65.1 Å². The van der Waals surface area contributed by atoms with E-state index in [1.54, 1.807) is 12.1 Å². The second-order valence-electron chi connectivity index (χ2n) is 7.19. The van der Waals surface area contributed by atoms with Crippen LogP contribution in [0.5, 0.6) is 11.5 Å². The summed E-state index contributed by atoms with van der Waals surface area (Å²) < 4.78 is 15.7. The summed E-state index contributed by atoms with van der Waals surface area (Å²) in [4.78, 5) is 30.1. The van der Waals surface area contributed by atoms with E-state index < -0.39 is 35.4 Å². The van der Waals surface area contributed by atoms with Crippen molar-refractivity contribution in [2.75, 3.05) is 19.5 Å². The fraction of sp³-hybridized carbons (Fsp3) is 0.350. The predicted octanol–water partition coefficient (Wildman–Crippen LogP) is -0.0837. The van der Waals surface area contributed by atoms with Gasteiger partial charge in [-0.25, -0.2) is 4.79 Å². The number of oxime groups is 1. The van der Waals surface area contributed by atoms with Gasteiger partial charge in [0.05, 0.1) is 14.2 Å². The highest BCUT2D eigenvalue weighted by molar-refractivity contribution is 6.43. The SMILES string of the molecule is COc1ccc2cc(NC(=O)C3=NOC4C(O)C(O)C=CC4(O)C3)c(=O)oc2c1OC. The molecule has 1 aromatic heterocycles. The maximum atomic E-state index is 12.6. The van der Waals surface area contributed by atoms with Crippen LogP contribution in [0.3, 0.4) is 0 Å². The molecule has 1 aliphatic heterocycles. The van der Waals surface area contributed by atoms with E-state index in [-0.39, 0.29) is 29.2 Å². The van der Waals surface area contributed by atoms with Gasteiger partial charge >= 0.3 is 5.63 Å². The molecular weight excluding hydrogens is 412 g/mol. The van der Waals surface area contributed by atoms with E-state index in [4.69, 9.17) is 18.7 Å². The van der Waals surface area contributed by atoms with Gasteiger partial charge < -0.3 is 39.4 Å². The molecule has 0 saturated heterocycles. The molecule has 0 radical (unpaired) electrons. The molecule has 0 bridgehead atoms. The molecule has 11 nitrogen and oxygen atoms in total. The molecule has 4 rings (SSSR count). The van der Waals surface area contributed by atoms with Crippen molar-refractivity contribution in [1.29, 1.82) is 0 Å². The molecule has 4 atom stereocenters. The number of aliphatic hydroxyl groups excluding tert-OH is 2. The molecule has 164 valence electrons. The van der Waals surface area contributed by atoms with Crippen LogP contribution in [0.2, 0.25) is 0 Å². The topological polar surface area (TPSA) is 160 Å². The van der Waals surface area contributed by atoms with E-state index in [9.17, 15) is 24.9 Å². The molecule has 4 unspecified atom stereocenters. The Morgan fingerprint density at radius 1 is 1.29 bits per heavy atom. The molecule has 2 aromatic rings. The summed E-state index contributed by atoms with van der Waals surface area (Å²) in [5.74, 6) is -0.189. The fourth-order valence-electron chi connectivity index (χ4n) is 3.58. The van der Waals surface area contributed by atoms with Gasteiger partial charge in [-0.15, -0.1) is 0 Å². The number of anilines is 1. The zero-order valence-corrected chi connectivity index (χ0v) is 16.6. The van der Waals surface area contributed by atoms with E-state index in [1.165, 1.54) is 32.4 Å². The smallest absolute Gasteiger partial charge is 0.360 e. The van der Waals surface area contributed by atoms with Crippen LogP contribution in [-0.2, 0) is 9.63 Å². The van der Waals surface area contributed by atoms with E-state index >= 15 is 0 Å². The molecule has 0 spiro atoms. The number of carbonyl (C=O) groups excluding carboxylic acids is 1. The summed E-state index contributed by atoms with van der Waals surface area (Å²) >= 11 is 0. The molecule has 1 aliphatic carbocycles. The molecule has 1 amide bonds. The molecule has 11 heteroatoms. The maximum Gasteiger partial charge on any atom is 0.360 e. The molecule has 0 saturated carbocycles. The van der Waals surface area contributed by atoms with Gasteiger partial charge in [-0.3, -0.25) is 4.79 Å². The minimum atomic E-state index is -1.74. The predicted molar refractivity (Wildman–Crippen MR) is 107 cm³/mol. The van der Waals surface area contributed by atoms with Crippen LogP contribution in [0.1, 0.15) is 6.42 Å². The third kappa shape index (κ3) is 3.52. The summed E-state index contributed by atoms with van der Waals surface area (Å²) in [5, 5.41) is 36.9. The molecule has 1 aromatic carbocycles. The van der Waals surface area contributed by atoms with E-state index in [0.29, 0.717) is 11.1 Å². The average Bonchev–Trinajstić information content (AvgIpc) is 2.76. The minimum Gasteiger partial charge on any atom is -0.493 e. The van der Waals surface area contributed by atoms with Crippen LogP contribution in [0.15, 0.2) is 44.7 Å². The van der Waals surface area contributed by atoms with E-state index in [2.05, 4.69) is 10.5 Å². The Kier molecular flexibility index (Phi) is 5.17. The highest BCUT2D eigenvalue weighted by atomic mass is 16.7. The van der Waals surface area contributed by atoms with E-state index in [0.717, 1.165) is 0 Å². The van der Waals surface area contributed by atoms with Gasteiger partial charge in [-0.2, -0.15) is 0 Å². The number of methoxy groups -OCH3 is 2. The number of carbonyl (C=O) groups is 1. The fourth-order valence-corrected chi connectivity index (χ4v) is 3.58. The highest BCUT2D eigenvalue weighted by Crippen LogP contribution is 2.36. The first-order valence-corrected chi connectivity index (χ1v) is 9.28. The van der Waals surface area contributed by atoms with Crippen molar-refractivity contribution in [3.63, 3.8) is 0 Å². The molecule has 2 heterocycles. The Labute approximate surface area is 175 Å². The normalized spacial score (nSPS) is 27.1. The molecule has 31 heavy (non-hydrogen) atoms. The van der Waals surface area contributed by atoms with Crippen molar-refractivity contribution in [1.82, 2.24) is 0 Å². The monoisotopic (exact) mass is 432 g/mol. The largest absolute Gasteiger partial charge is 0.493 e. The number of hydrogen-bond acceptors (Lipinski definition) is 10. The van der Waals surface area contributed by atoms with Crippen molar-refractivity contribution >= 4 is 28.3 Å². The zero-order chi connectivity index (χ0) is 22.3. The number of amides is 1. The first kappa shape index (κ1) is 20.8. The Morgan fingerprint density at radius 2 is 2.06 bits per heavy atom. The average molecular weight is 432 g/mol. The van der Waals surface area contributed by atoms with Gasteiger partial charge in [0.1, 0.15) is 29.2 Å². The third-order valence-electron chi connectivity index (χ3n) is 5.22. The van der Waals surface area contributed by atoms with Gasteiger partial charge in [-0.1, -0.05) is 17.3 Å². The number of ether oxygens (including phenoxy) is 2. The van der Waals surface area contributed by atoms with Crippen molar-refractivity contribution in [2.24, 2.45) is 5.16 Å². The Bertz CT molecular complexity index is 1160. The summed E-state index contributed by atoms with van der Waals surface area (Å²) in [7, 11) is 2.85. The maximum absolute atomic E-state index is 12.6. The summed E-state index contributed by atoms with van der Waals surface area (Å²) in [5.41, 5.74) is -2.79. The Hall–Kier alpha value is -3.41. The van der Waals surface area contributed by atoms with E-state index in [1.807, 2.05) is 0 Å². The first-order valence-electron chi connectivity index (χ1n) is 9.28. The van der Waals surface area contributed by atoms with Crippen LogP contribution < -0.4 is 20.4 Å². The quantitative estimate of drug-likeness (QED) is 0.383. The van der Waals surface area contributed by atoms with Crippen molar-refractivity contribution in [2.45, 2.75) is 30.3 Å². The molecule has 0 fully saturated rings. The second-order valence-corrected chi connectivity index (χ2v) is 7.19. The number of fused-ring (bicyclic) bond motifs is 2. The Balaban J connectivity index is 1.61. The van der Waals surface area contributed by atoms with Crippen LogP contribution in [0.4, 0.5) is 5.69 Å². The van der Waals surface area contributed by atoms with Gasteiger partial charge in [-0.05, 0) is 18.2 Å². The van der Waals surface area contributed by atoms with Gasteiger partial charge in [0, 0.05) is 11.8 Å². The number of nitrogens with zero attached hydrogens (tertiary/aromatic N) is 1. The molecule has 4 N–H and O–H groups in total. The van der Waals surface area contributed by atoms with Gasteiger partial charge in [0.25, 0.3) is 5.91 Å². The van der Waals surface area contributed by atoms with Crippen molar-refractivity contribution < 1.29 is 38.8 Å². The Morgan fingerprint density at radius 3 is 2.77 bits per heavy atom. The zero-order valence-electron chi connectivity index (χ0n) is 16.6. The standard InChI is InChI=1S/C20H20N2O9/c1-28-13-4-3-9-7-10(19(26)30-15(9)16(13)29-2)21-18(25)11-8-20(27)6-5-12(23)14(24)17(20)31-22-11/h3-7,12,14,17,23-24,27H,8H2,1-2H3,(H,21,25). The summed E-state index contributed by atoms with van der Waals surface area (Å²) in [6.45, 7) is 0. The molecule has 2 aliphatic rings. The number of nitrogens with one attached hydrogen (secondary N) is 1. The lowest BCUT2D eigenvalue weighted by Crippen LogP contribution is -2.58. The van der Waals surface area contributed by atoms with Crippen LogP contribution >= 0.6 is 0 Å². The van der Waals surface area contributed by atoms with Gasteiger partial charge in [0.2, 0.25) is 5.75 Å². The van der Waals surface area contributed by atoms with Crippen LogP contribution in [0.25, 0.3) is 11.0 Å². The molecular formula is C20H20N2O9. The lowest BCUT2D eigenvalue weighted by Gasteiger charge is -2.41. The van der Waals surface area contributed by atoms with Crippen molar-refractivity contribution in [3.8, 4) is 11.5 Å². The number of hydrogen-bond donors (Lipinski definition) is 4. The number of benzene rings is 1. The lowest BCUT2D eigenvalue weighted by atomic mass is 9.80. The highest BCUT2D eigenvalue weighted by Gasteiger charge is 2.50. The number of rotatable bonds is 4. The summed E-state index contributed by atoms with van der Waals surface area (Å²) in [6, 6.07) is 4.66. The van der Waals surface area contributed by atoms with Crippen molar-refractivity contribution in [3.05, 3.63) is 40.8 Å². The minimum absolute atomic E-state index is 0.153. The van der Waals surface area contributed by atoms with Gasteiger partial charge in [0.15, 0.2) is 17.4 Å². The lowest BCUT2D eigenvalue weighted by molar-refractivity contribution is -0.167. The second kappa shape index (κ2) is 7.69. The third-order valence-corrected chi connectivity index (χ3v) is 5.22.